The Morgan fingerprint density at radius 1 is 1.53 bits per heavy atom. The monoisotopic (exact) mass is 278 g/mol. The van der Waals surface area contributed by atoms with Gasteiger partial charge < -0.3 is 5.32 Å². The Hall–Kier alpha value is -2.39. The number of amides is 1. The highest BCUT2D eigenvalue weighted by molar-refractivity contribution is 6.29. The molecule has 0 fully saturated rings. The number of hydrogen-bond acceptors (Lipinski definition) is 3. The van der Waals surface area contributed by atoms with E-state index in [-0.39, 0.29) is 23.1 Å². The van der Waals surface area contributed by atoms with Crippen LogP contribution in [0, 0.1) is 17.1 Å². The van der Waals surface area contributed by atoms with Crippen LogP contribution in [0.4, 0.5) is 10.2 Å². The van der Waals surface area contributed by atoms with E-state index < -0.39 is 11.7 Å². The third-order valence-corrected chi connectivity index (χ3v) is 2.54. The Kier molecular flexibility index (Phi) is 3.78. The van der Waals surface area contributed by atoms with Gasteiger partial charge >= 0.3 is 0 Å². The number of nitrogens with zero attached hydrogens (tertiary/aromatic N) is 3. The van der Waals surface area contributed by atoms with Crippen molar-refractivity contribution in [3.8, 4) is 11.8 Å². The number of rotatable bonds is 3. The lowest BCUT2D eigenvalue weighted by molar-refractivity contribution is -0.114. The summed E-state index contributed by atoms with van der Waals surface area (Å²) in [6.07, 6.45) is 0. The van der Waals surface area contributed by atoms with Crippen LogP contribution in [0.2, 0.25) is 0 Å². The minimum absolute atomic E-state index is 0.0631. The van der Waals surface area contributed by atoms with Crippen LogP contribution in [0.15, 0.2) is 30.3 Å². The van der Waals surface area contributed by atoms with Gasteiger partial charge in [-0.25, -0.2) is 9.07 Å². The summed E-state index contributed by atoms with van der Waals surface area (Å²) in [4.78, 5) is 11.3. The highest BCUT2D eigenvalue weighted by Gasteiger charge is 2.14. The van der Waals surface area contributed by atoms with Crippen LogP contribution in [-0.2, 0) is 4.79 Å². The van der Waals surface area contributed by atoms with Crippen molar-refractivity contribution in [2.45, 2.75) is 0 Å². The second kappa shape index (κ2) is 5.50. The highest BCUT2D eigenvalue weighted by atomic mass is 35.5. The van der Waals surface area contributed by atoms with Gasteiger partial charge in [0.25, 0.3) is 0 Å². The fourth-order valence-corrected chi connectivity index (χ4v) is 1.57. The second-order valence-electron chi connectivity index (χ2n) is 3.57. The van der Waals surface area contributed by atoms with Crippen LogP contribution in [0.25, 0.3) is 5.69 Å². The maximum Gasteiger partial charge on any atom is 0.240 e. The quantitative estimate of drug-likeness (QED) is 0.874. The van der Waals surface area contributed by atoms with E-state index in [1.807, 2.05) is 6.07 Å². The molecule has 1 heterocycles. The molecule has 0 bridgehead atoms. The van der Waals surface area contributed by atoms with E-state index in [1.54, 1.807) is 6.07 Å². The number of benzene rings is 1. The molecular weight excluding hydrogens is 271 g/mol. The standard InChI is InChI=1S/C12H8ClFN4O/c13-6-12(19)16-11-5-8(7-15)17-18(11)10-4-2-1-3-9(10)14/h1-5H,6H2,(H,16,19). The Balaban J connectivity index is 2.50. The molecule has 0 saturated carbocycles. The smallest absolute Gasteiger partial charge is 0.240 e. The summed E-state index contributed by atoms with van der Waals surface area (Å²) in [7, 11) is 0. The molecule has 0 aliphatic rings. The summed E-state index contributed by atoms with van der Waals surface area (Å²) < 4.78 is 14.9. The molecule has 7 heteroatoms. The van der Waals surface area contributed by atoms with E-state index in [0.717, 1.165) is 4.68 Å². The van der Waals surface area contributed by atoms with Crippen molar-refractivity contribution >= 4 is 23.3 Å². The Bertz CT molecular complexity index is 662. The van der Waals surface area contributed by atoms with E-state index in [1.165, 1.54) is 24.3 Å². The van der Waals surface area contributed by atoms with Crippen molar-refractivity contribution < 1.29 is 9.18 Å². The van der Waals surface area contributed by atoms with Gasteiger partial charge in [0.05, 0.1) is 0 Å². The highest BCUT2D eigenvalue weighted by Crippen LogP contribution is 2.19. The summed E-state index contributed by atoms with van der Waals surface area (Å²) in [5.74, 6) is -1.04. The van der Waals surface area contributed by atoms with Crippen molar-refractivity contribution in [2.75, 3.05) is 11.2 Å². The molecule has 0 atom stereocenters. The van der Waals surface area contributed by atoms with Crippen molar-refractivity contribution in [1.29, 1.82) is 5.26 Å². The SMILES string of the molecule is N#Cc1cc(NC(=O)CCl)n(-c2ccccc2F)n1. The number of halogens is 2. The van der Waals surface area contributed by atoms with Gasteiger partial charge in [-0.05, 0) is 12.1 Å². The molecule has 0 unspecified atom stereocenters. The number of carbonyl (C=O) groups excluding carboxylic acids is 1. The van der Waals surface area contributed by atoms with Gasteiger partial charge in [-0.2, -0.15) is 10.4 Å². The average Bonchev–Trinajstić information content (AvgIpc) is 2.82. The minimum Gasteiger partial charge on any atom is -0.310 e. The van der Waals surface area contributed by atoms with E-state index in [9.17, 15) is 9.18 Å². The number of carbonyl (C=O) groups is 1. The number of nitriles is 1. The van der Waals surface area contributed by atoms with Crippen LogP contribution < -0.4 is 5.32 Å². The predicted octanol–water partition coefficient (Wildman–Crippen LogP) is 2.06. The van der Waals surface area contributed by atoms with Gasteiger partial charge in [0.1, 0.15) is 29.3 Å². The van der Waals surface area contributed by atoms with Crippen LogP contribution in [-0.4, -0.2) is 21.6 Å². The molecule has 1 N–H and O–H groups in total. The van der Waals surface area contributed by atoms with E-state index in [0.29, 0.717) is 0 Å². The third-order valence-electron chi connectivity index (χ3n) is 2.29. The van der Waals surface area contributed by atoms with E-state index in [2.05, 4.69) is 10.4 Å². The molecule has 2 rings (SSSR count). The lowest BCUT2D eigenvalue weighted by Gasteiger charge is -2.08. The molecular formula is C12H8ClFN4O. The maximum absolute atomic E-state index is 13.7. The summed E-state index contributed by atoms with van der Waals surface area (Å²) in [5.41, 5.74) is 0.196. The normalized spacial score (nSPS) is 9.95. The zero-order valence-corrected chi connectivity index (χ0v) is 10.4. The van der Waals surface area contributed by atoms with Crippen LogP contribution in [0.3, 0.4) is 0 Å². The molecule has 96 valence electrons. The molecule has 0 spiro atoms. The summed E-state index contributed by atoms with van der Waals surface area (Å²) >= 11 is 5.39. The first-order valence-corrected chi connectivity index (χ1v) is 5.80. The lowest BCUT2D eigenvalue weighted by Crippen LogP contribution is -2.16. The first-order chi connectivity index (χ1) is 9.15. The molecule has 1 amide bonds. The molecule has 2 aromatic rings. The zero-order valence-electron chi connectivity index (χ0n) is 9.60. The molecule has 1 aromatic heterocycles. The molecule has 0 radical (unpaired) electrons. The number of alkyl halides is 1. The topological polar surface area (TPSA) is 70.7 Å². The minimum atomic E-state index is -0.517. The molecule has 1 aromatic carbocycles. The molecule has 0 saturated heterocycles. The fraction of sp³-hybridized carbons (Fsp3) is 0.0833. The van der Waals surface area contributed by atoms with Crippen molar-refractivity contribution in [1.82, 2.24) is 9.78 Å². The first-order valence-electron chi connectivity index (χ1n) is 5.26. The Morgan fingerprint density at radius 2 is 2.26 bits per heavy atom. The van der Waals surface area contributed by atoms with Crippen molar-refractivity contribution in [3.63, 3.8) is 0 Å². The van der Waals surface area contributed by atoms with Gasteiger partial charge in [-0.3, -0.25) is 4.79 Å². The second-order valence-corrected chi connectivity index (χ2v) is 3.84. The van der Waals surface area contributed by atoms with E-state index >= 15 is 0 Å². The summed E-state index contributed by atoms with van der Waals surface area (Å²) in [6.45, 7) is 0. The largest absolute Gasteiger partial charge is 0.310 e. The number of aromatic nitrogens is 2. The van der Waals surface area contributed by atoms with Gasteiger partial charge in [0.2, 0.25) is 5.91 Å². The average molecular weight is 279 g/mol. The predicted molar refractivity (Wildman–Crippen MR) is 67.6 cm³/mol. The third kappa shape index (κ3) is 2.72. The number of anilines is 1. The lowest BCUT2D eigenvalue weighted by atomic mass is 10.3. The van der Waals surface area contributed by atoms with Gasteiger partial charge in [-0.15, -0.1) is 11.6 Å². The maximum atomic E-state index is 13.7. The van der Waals surface area contributed by atoms with Gasteiger partial charge in [0.15, 0.2) is 5.69 Å². The Morgan fingerprint density at radius 3 is 2.89 bits per heavy atom. The number of para-hydroxylation sites is 1. The van der Waals surface area contributed by atoms with Crippen molar-refractivity contribution in [3.05, 3.63) is 41.8 Å². The molecule has 0 aliphatic carbocycles. The van der Waals surface area contributed by atoms with Crippen molar-refractivity contribution in [2.24, 2.45) is 0 Å². The molecule has 0 aliphatic heterocycles. The molecule has 19 heavy (non-hydrogen) atoms. The Labute approximate surface area is 113 Å². The first kappa shape index (κ1) is 13.1. The van der Waals surface area contributed by atoms with Crippen LogP contribution in [0.5, 0.6) is 0 Å². The van der Waals surface area contributed by atoms with Crippen LogP contribution >= 0.6 is 11.6 Å². The molecule has 5 nitrogen and oxygen atoms in total. The van der Waals surface area contributed by atoms with E-state index in [4.69, 9.17) is 16.9 Å². The zero-order chi connectivity index (χ0) is 13.8. The van der Waals surface area contributed by atoms with Crippen LogP contribution in [0.1, 0.15) is 5.69 Å². The summed E-state index contributed by atoms with van der Waals surface area (Å²) in [6, 6.07) is 9.08. The number of nitrogens with one attached hydrogen (secondary N) is 1. The fourth-order valence-electron chi connectivity index (χ4n) is 1.51. The number of hydrogen-bond donors (Lipinski definition) is 1. The van der Waals surface area contributed by atoms with Gasteiger partial charge in [0, 0.05) is 6.07 Å². The van der Waals surface area contributed by atoms with Gasteiger partial charge in [-0.1, -0.05) is 12.1 Å². The summed E-state index contributed by atoms with van der Waals surface area (Å²) in [5, 5.41) is 15.2.